The van der Waals surface area contributed by atoms with Crippen LogP contribution in [0, 0.1) is 11.8 Å². The van der Waals surface area contributed by atoms with Crippen LogP contribution in [0.25, 0.3) is 0 Å². The largest absolute Gasteiger partial charge is 0.338 e. The number of nitrogens with one attached hydrogen (secondary N) is 2. The van der Waals surface area contributed by atoms with Gasteiger partial charge in [-0.05, 0) is 18.8 Å². The van der Waals surface area contributed by atoms with Crippen LogP contribution >= 0.6 is 0 Å². The topological polar surface area (TPSA) is 79.3 Å². The average molecular weight is 307 g/mol. The molecule has 1 saturated heterocycles. The molecule has 2 N–H and O–H groups in total. The van der Waals surface area contributed by atoms with E-state index in [0.29, 0.717) is 31.4 Å². The Labute approximate surface area is 131 Å². The highest BCUT2D eigenvalue weighted by Crippen LogP contribution is 2.18. The Bertz CT molecular complexity index is 526. The highest BCUT2D eigenvalue weighted by molar-refractivity contribution is 5.92. The van der Waals surface area contributed by atoms with Gasteiger partial charge in [0.2, 0.25) is 5.91 Å². The fraction of sp³-hybridized carbons (Fsp3) is 0.667. The number of amides is 3. The molecule has 1 aliphatic rings. The van der Waals surface area contributed by atoms with Crippen LogP contribution in [0.2, 0.25) is 0 Å². The number of nitrogens with zero attached hydrogens (tertiary/aromatic N) is 3. The number of carbonyl (C=O) groups excluding carboxylic acids is 2. The van der Waals surface area contributed by atoms with Crippen molar-refractivity contribution in [2.75, 3.05) is 25.0 Å². The summed E-state index contributed by atoms with van der Waals surface area (Å²) in [5.41, 5.74) is 0. The number of likely N-dealkylation sites (tertiary alicyclic amines) is 1. The summed E-state index contributed by atoms with van der Waals surface area (Å²) in [5.74, 6) is 0.714. The average Bonchev–Trinajstić information content (AvgIpc) is 2.90. The molecule has 3 amide bonds. The summed E-state index contributed by atoms with van der Waals surface area (Å²) in [7, 11) is 1.80. The lowest BCUT2D eigenvalue weighted by Crippen LogP contribution is -2.48. The minimum atomic E-state index is -0.180. The molecule has 1 aromatic heterocycles. The van der Waals surface area contributed by atoms with Crippen LogP contribution < -0.4 is 10.6 Å². The van der Waals surface area contributed by atoms with E-state index in [1.807, 2.05) is 0 Å². The first-order chi connectivity index (χ1) is 10.5. The van der Waals surface area contributed by atoms with E-state index in [4.69, 9.17) is 0 Å². The molecule has 1 aliphatic heterocycles. The van der Waals surface area contributed by atoms with Gasteiger partial charge in [-0.25, -0.2) is 4.79 Å². The standard InChI is InChI=1S/C15H25N5O2/c1-11(2)9-16-15(22)20-7-4-5-12(10-20)14(21)17-13-6-8-19(3)18-13/h6,8,11-12H,4-5,7,9-10H2,1-3H3,(H,16,22)(H,17,18,21)/t12-/m0/s1. The number of hydrogen-bond acceptors (Lipinski definition) is 3. The molecule has 122 valence electrons. The van der Waals surface area contributed by atoms with Gasteiger partial charge in [0.15, 0.2) is 5.82 Å². The molecule has 1 aromatic rings. The van der Waals surface area contributed by atoms with Crippen molar-refractivity contribution in [3.05, 3.63) is 12.3 Å². The number of aryl methyl sites for hydroxylation is 1. The van der Waals surface area contributed by atoms with Crippen LogP contribution in [0.15, 0.2) is 12.3 Å². The van der Waals surface area contributed by atoms with Crippen LogP contribution in [0.5, 0.6) is 0 Å². The van der Waals surface area contributed by atoms with Gasteiger partial charge in [0.05, 0.1) is 5.92 Å². The molecule has 0 aromatic carbocycles. The fourth-order valence-electron chi connectivity index (χ4n) is 2.49. The fourth-order valence-corrected chi connectivity index (χ4v) is 2.49. The Morgan fingerprint density at radius 1 is 1.45 bits per heavy atom. The summed E-state index contributed by atoms with van der Waals surface area (Å²) < 4.78 is 1.64. The van der Waals surface area contributed by atoms with Crippen LogP contribution in [-0.2, 0) is 11.8 Å². The maximum atomic E-state index is 12.3. The van der Waals surface area contributed by atoms with E-state index in [-0.39, 0.29) is 17.9 Å². The third-order valence-corrected chi connectivity index (χ3v) is 3.71. The van der Waals surface area contributed by atoms with Crippen molar-refractivity contribution in [3.8, 4) is 0 Å². The lowest BCUT2D eigenvalue weighted by atomic mass is 9.97. The second kappa shape index (κ2) is 7.29. The molecule has 7 nitrogen and oxygen atoms in total. The van der Waals surface area contributed by atoms with Gasteiger partial charge in [-0.2, -0.15) is 5.10 Å². The zero-order valence-corrected chi connectivity index (χ0v) is 13.5. The number of rotatable bonds is 4. The second-order valence-corrected chi connectivity index (χ2v) is 6.23. The molecule has 7 heteroatoms. The Kier molecular flexibility index (Phi) is 5.41. The van der Waals surface area contributed by atoms with Gasteiger partial charge in [-0.1, -0.05) is 13.8 Å². The molecule has 1 fully saturated rings. The molecule has 0 radical (unpaired) electrons. The lowest BCUT2D eigenvalue weighted by molar-refractivity contribution is -0.121. The van der Waals surface area contributed by atoms with Crippen LogP contribution in [-0.4, -0.2) is 46.3 Å². The van der Waals surface area contributed by atoms with E-state index in [1.165, 1.54) is 0 Å². The Hall–Kier alpha value is -2.05. The van der Waals surface area contributed by atoms with Crippen molar-refractivity contribution >= 4 is 17.8 Å². The summed E-state index contributed by atoms with van der Waals surface area (Å²) in [6, 6.07) is 1.68. The van der Waals surface area contributed by atoms with Gasteiger partial charge in [-0.15, -0.1) is 0 Å². The zero-order valence-electron chi connectivity index (χ0n) is 13.5. The van der Waals surface area contributed by atoms with E-state index in [1.54, 1.807) is 28.9 Å². The van der Waals surface area contributed by atoms with Gasteiger partial charge < -0.3 is 15.5 Å². The van der Waals surface area contributed by atoms with E-state index in [2.05, 4.69) is 29.6 Å². The van der Waals surface area contributed by atoms with Gasteiger partial charge in [0, 0.05) is 38.9 Å². The van der Waals surface area contributed by atoms with Crippen molar-refractivity contribution in [1.82, 2.24) is 20.0 Å². The Morgan fingerprint density at radius 2 is 2.23 bits per heavy atom. The number of anilines is 1. The number of urea groups is 1. The first-order valence-electron chi connectivity index (χ1n) is 7.79. The summed E-state index contributed by atoms with van der Waals surface area (Å²) in [4.78, 5) is 26.1. The van der Waals surface area contributed by atoms with Gasteiger partial charge >= 0.3 is 6.03 Å². The number of carbonyl (C=O) groups is 2. The molecule has 1 atom stereocenters. The quantitative estimate of drug-likeness (QED) is 0.883. The van der Waals surface area contributed by atoms with Crippen molar-refractivity contribution < 1.29 is 9.59 Å². The first-order valence-corrected chi connectivity index (χ1v) is 7.79. The SMILES string of the molecule is CC(C)CNC(=O)N1CCC[C@H](C(=O)Nc2ccn(C)n2)C1. The molecular formula is C15H25N5O2. The number of hydrogen-bond donors (Lipinski definition) is 2. The van der Waals surface area contributed by atoms with Crippen LogP contribution in [0.4, 0.5) is 10.6 Å². The van der Waals surface area contributed by atoms with Crippen molar-refractivity contribution in [1.29, 1.82) is 0 Å². The van der Waals surface area contributed by atoms with Gasteiger partial charge in [-0.3, -0.25) is 9.48 Å². The van der Waals surface area contributed by atoms with E-state index in [0.717, 1.165) is 12.8 Å². The summed E-state index contributed by atoms with van der Waals surface area (Å²) in [6.45, 7) is 5.93. The van der Waals surface area contributed by atoms with Crippen molar-refractivity contribution in [2.45, 2.75) is 26.7 Å². The van der Waals surface area contributed by atoms with Crippen molar-refractivity contribution in [2.24, 2.45) is 18.9 Å². The molecule has 0 unspecified atom stereocenters. The molecule has 0 spiro atoms. The van der Waals surface area contributed by atoms with E-state index < -0.39 is 0 Å². The lowest BCUT2D eigenvalue weighted by Gasteiger charge is -2.32. The van der Waals surface area contributed by atoms with Gasteiger partial charge in [0.1, 0.15) is 0 Å². The summed E-state index contributed by atoms with van der Waals surface area (Å²) in [6.07, 6.45) is 3.42. The van der Waals surface area contributed by atoms with Crippen LogP contribution in [0.3, 0.4) is 0 Å². The second-order valence-electron chi connectivity index (χ2n) is 6.23. The molecule has 0 saturated carbocycles. The number of piperidine rings is 1. The minimum Gasteiger partial charge on any atom is -0.338 e. The zero-order chi connectivity index (χ0) is 16.1. The monoisotopic (exact) mass is 307 g/mol. The molecule has 0 bridgehead atoms. The maximum Gasteiger partial charge on any atom is 0.317 e. The molecule has 2 rings (SSSR count). The Balaban J connectivity index is 1.86. The molecule has 2 heterocycles. The molecule has 22 heavy (non-hydrogen) atoms. The summed E-state index contributed by atoms with van der Waals surface area (Å²) in [5, 5.41) is 9.86. The first kappa shape index (κ1) is 16.3. The highest BCUT2D eigenvalue weighted by Gasteiger charge is 2.28. The highest BCUT2D eigenvalue weighted by atomic mass is 16.2. The third-order valence-electron chi connectivity index (χ3n) is 3.71. The minimum absolute atomic E-state index is 0.0694. The van der Waals surface area contributed by atoms with E-state index in [9.17, 15) is 9.59 Å². The predicted molar refractivity (Wildman–Crippen MR) is 84.4 cm³/mol. The third kappa shape index (κ3) is 4.47. The smallest absolute Gasteiger partial charge is 0.317 e. The molecule has 0 aliphatic carbocycles. The van der Waals surface area contributed by atoms with Crippen molar-refractivity contribution in [3.63, 3.8) is 0 Å². The summed E-state index contributed by atoms with van der Waals surface area (Å²) >= 11 is 0. The molecular weight excluding hydrogens is 282 g/mol. The number of aromatic nitrogens is 2. The maximum absolute atomic E-state index is 12.3. The van der Waals surface area contributed by atoms with E-state index >= 15 is 0 Å². The predicted octanol–water partition coefficient (Wildman–Crippen LogP) is 1.44. The Morgan fingerprint density at radius 3 is 2.86 bits per heavy atom. The van der Waals surface area contributed by atoms with Gasteiger partial charge in [0.25, 0.3) is 0 Å². The van der Waals surface area contributed by atoms with Crippen LogP contribution in [0.1, 0.15) is 26.7 Å². The normalized spacial score (nSPS) is 18.4.